The highest BCUT2D eigenvalue weighted by molar-refractivity contribution is 5.56. The molecule has 3 rings (SSSR count). The molecular weight excluding hydrogens is 318 g/mol. The summed E-state index contributed by atoms with van der Waals surface area (Å²) in [6.07, 6.45) is 0. The quantitative estimate of drug-likeness (QED) is 0.620. The van der Waals surface area contributed by atoms with Crippen molar-refractivity contribution in [3.63, 3.8) is 0 Å². The molecule has 122 valence electrons. The normalized spacial score (nSPS) is 9.08. The van der Waals surface area contributed by atoms with Gasteiger partial charge in [-0.2, -0.15) is 5.26 Å². The van der Waals surface area contributed by atoms with Gasteiger partial charge in [0.2, 0.25) is 0 Å². The Labute approximate surface area is 153 Å². The lowest BCUT2D eigenvalue weighted by molar-refractivity contribution is 0.415. The summed E-state index contributed by atoms with van der Waals surface area (Å²) in [6, 6.07) is 24.8. The molecule has 0 amide bonds. The van der Waals surface area contributed by atoms with E-state index in [1.54, 1.807) is 13.2 Å². The minimum Gasteiger partial charge on any atom is -0.497 e. The van der Waals surface area contributed by atoms with Gasteiger partial charge >= 0.3 is 0 Å². The van der Waals surface area contributed by atoms with Crippen LogP contribution < -0.4 is 4.74 Å². The molecule has 0 saturated heterocycles. The second kappa shape index (κ2) is 8.25. The first kappa shape index (κ1) is 16.9. The van der Waals surface area contributed by atoms with E-state index in [0.717, 1.165) is 22.4 Å². The van der Waals surface area contributed by atoms with E-state index in [0.29, 0.717) is 11.1 Å². The number of benzene rings is 3. The summed E-state index contributed by atoms with van der Waals surface area (Å²) in [6.45, 7) is 0. The van der Waals surface area contributed by atoms with E-state index in [2.05, 4.69) is 29.8 Å². The fourth-order valence-corrected chi connectivity index (χ4v) is 2.34. The van der Waals surface area contributed by atoms with E-state index in [1.165, 1.54) is 0 Å². The number of ether oxygens (including phenoxy) is 1. The Morgan fingerprint density at radius 3 is 1.58 bits per heavy atom. The molecule has 0 bridgehead atoms. The molecule has 0 aliphatic heterocycles. The van der Waals surface area contributed by atoms with Gasteiger partial charge in [0.1, 0.15) is 11.8 Å². The summed E-state index contributed by atoms with van der Waals surface area (Å²) in [5.41, 5.74) is 3.88. The van der Waals surface area contributed by atoms with Crippen LogP contribution >= 0.6 is 0 Å². The molecule has 3 aromatic rings. The summed E-state index contributed by atoms with van der Waals surface area (Å²) >= 11 is 0. The fourth-order valence-electron chi connectivity index (χ4n) is 2.34. The zero-order valence-electron chi connectivity index (χ0n) is 14.3. The van der Waals surface area contributed by atoms with Gasteiger partial charge in [-0.1, -0.05) is 47.9 Å². The number of nitrogens with zero attached hydrogens (tertiary/aromatic N) is 1. The molecule has 0 fully saturated rings. The van der Waals surface area contributed by atoms with Crippen molar-refractivity contribution in [1.29, 1.82) is 5.26 Å². The van der Waals surface area contributed by atoms with Crippen molar-refractivity contribution >= 4 is 0 Å². The van der Waals surface area contributed by atoms with Crippen LogP contribution in [0.15, 0.2) is 72.8 Å². The number of methoxy groups -OCH3 is 1. The Kier molecular flexibility index (Phi) is 5.37. The van der Waals surface area contributed by atoms with Gasteiger partial charge in [-0.25, -0.2) is 0 Å². The lowest BCUT2D eigenvalue weighted by Gasteiger charge is -1.98. The summed E-state index contributed by atoms with van der Waals surface area (Å²) in [5.74, 6) is 13.3. The monoisotopic (exact) mass is 333 g/mol. The molecule has 2 nitrogen and oxygen atoms in total. The zero-order valence-corrected chi connectivity index (χ0v) is 14.3. The standard InChI is InChI=1S/C24H15NO/c1-26-24-16-11-19(12-17-24)10-13-20-6-2-3-7-21(20)14-15-22-8-4-5-9-23(22)18-25/h2-9,11-12,16-17H,1H3. The van der Waals surface area contributed by atoms with Gasteiger partial charge in [0, 0.05) is 22.3 Å². The van der Waals surface area contributed by atoms with Crippen LogP contribution in [0.2, 0.25) is 0 Å². The zero-order chi connectivity index (χ0) is 18.2. The van der Waals surface area contributed by atoms with E-state index in [9.17, 15) is 0 Å². The van der Waals surface area contributed by atoms with Gasteiger partial charge < -0.3 is 4.74 Å². The van der Waals surface area contributed by atoms with Crippen LogP contribution in [-0.2, 0) is 0 Å². The predicted octanol–water partition coefficient (Wildman–Crippen LogP) is 4.37. The van der Waals surface area contributed by atoms with E-state index in [4.69, 9.17) is 10.00 Å². The second-order valence-corrected chi connectivity index (χ2v) is 5.43. The second-order valence-electron chi connectivity index (χ2n) is 5.43. The maximum atomic E-state index is 9.17. The summed E-state index contributed by atoms with van der Waals surface area (Å²) in [7, 11) is 1.64. The maximum absolute atomic E-state index is 9.17. The molecule has 0 radical (unpaired) electrons. The molecule has 3 aromatic carbocycles. The third kappa shape index (κ3) is 4.12. The number of hydrogen-bond acceptors (Lipinski definition) is 2. The Morgan fingerprint density at radius 1 is 0.615 bits per heavy atom. The first-order chi connectivity index (χ1) is 12.8. The molecular formula is C24H15NO. The van der Waals surface area contributed by atoms with Crippen molar-refractivity contribution in [2.45, 2.75) is 0 Å². The van der Waals surface area contributed by atoms with Gasteiger partial charge in [-0.15, -0.1) is 0 Å². The van der Waals surface area contributed by atoms with Gasteiger partial charge in [0.15, 0.2) is 0 Å². The highest BCUT2D eigenvalue weighted by Crippen LogP contribution is 2.12. The Bertz CT molecular complexity index is 1080. The van der Waals surface area contributed by atoms with Crippen LogP contribution in [0.1, 0.15) is 27.8 Å². The Balaban J connectivity index is 1.92. The Morgan fingerprint density at radius 2 is 1.08 bits per heavy atom. The van der Waals surface area contributed by atoms with Gasteiger partial charge in [-0.3, -0.25) is 0 Å². The SMILES string of the molecule is COc1ccc(C#Cc2ccccc2C#Cc2ccccc2C#N)cc1. The molecule has 0 aromatic heterocycles. The minimum absolute atomic E-state index is 0.571. The lowest BCUT2D eigenvalue weighted by Crippen LogP contribution is -1.86. The van der Waals surface area contributed by atoms with Crippen LogP contribution in [0.5, 0.6) is 5.75 Å². The summed E-state index contributed by atoms with van der Waals surface area (Å²) in [4.78, 5) is 0. The summed E-state index contributed by atoms with van der Waals surface area (Å²) < 4.78 is 5.15. The van der Waals surface area contributed by atoms with Crippen molar-refractivity contribution in [2.24, 2.45) is 0 Å². The van der Waals surface area contributed by atoms with Crippen molar-refractivity contribution in [3.05, 3.63) is 101 Å². The maximum Gasteiger partial charge on any atom is 0.118 e. The summed E-state index contributed by atoms with van der Waals surface area (Å²) in [5, 5.41) is 9.17. The Hall–Kier alpha value is -3.93. The average Bonchev–Trinajstić information content (AvgIpc) is 2.72. The van der Waals surface area contributed by atoms with Crippen LogP contribution in [0.4, 0.5) is 0 Å². The topological polar surface area (TPSA) is 33.0 Å². The van der Waals surface area contributed by atoms with E-state index < -0.39 is 0 Å². The molecule has 0 heterocycles. The molecule has 26 heavy (non-hydrogen) atoms. The predicted molar refractivity (Wildman–Crippen MR) is 103 cm³/mol. The molecule has 0 N–H and O–H groups in total. The fraction of sp³-hybridized carbons (Fsp3) is 0.0417. The molecule has 0 aliphatic rings. The van der Waals surface area contributed by atoms with Crippen LogP contribution in [0.3, 0.4) is 0 Å². The molecule has 2 heteroatoms. The van der Waals surface area contributed by atoms with Crippen LogP contribution in [-0.4, -0.2) is 7.11 Å². The average molecular weight is 333 g/mol. The number of rotatable bonds is 1. The minimum atomic E-state index is 0.571. The molecule has 0 saturated carbocycles. The number of nitriles is 1. The number of hydrogen-bond donors (Lipinski definition) is 0. The van der Waals surface area contributed by atoms with Crippen LogP contribution in [0, 0.1) is 35.0 Å². The van der Waals surface area contributed by atoms with Crippen molar-refractivity contribution < 1.29 is 4.74 Å². The molecule has 0 atom stereocenters. The van der Waals surface area contributed by atoms with Crippen molar-refractivity contribution in [3.8, 4) is 35.5 Å². The molecule has 0 spiro atoms. The third-order valence-corrected chi connectivity index (χ3v) is 3.74. The van der Waals surface area contributed by atoms with Gasteiger partial charge in [-0.05, 0) is 48.5 Å². The third-order valence-electron chi connectivity index (χ3n) is 3.74. The van der Waals surface area contributed by atoms with E-state index >= 15 is 0 Å². The van der Waals surface area contributed by atoms with Gasteiger partial charge in [0.25, 0.3) is 0 Å². The lowest BCUT2D eigenvalue weighted by atomic mass is 10.1. The first-order valence-corrected chi connectivity index (χ1v) is 8.06. The highest BCUT2D eigenvalue weighted by atomic mass is 16.5. The van der Waals surface area contributed by atoms with E-state index in [-0.39, 0.29) is 0 Å². The first-order valence-electron chi connectivity index (χ1n) is 8.06. The molecule has 0 unspecified atom stereocenters. The van der Waals surface area contributed by atoms with Crippen molar-refractivity contribution in [1.82, 2.24) is 0 Å². The van der Waals surface area contributed by atoms with Gasteiger partial charge in [0.05, 0.1) is 12.7 Å². The largest absolute Gasteiger partial charge is 0.497 e. The van der Waals surface area contributed by atoms with Crippen molar-refractivity contribution in [2.75, 3.05) is 7.11 Å². The van der Waals surface area contributed by atoms with Crippen LogP contribution in [0.25, 0.3) is 0 Å². The highest BCUT2D eigenvalue weighted by Gasteiger charge is 1.98. The van der Waals surface area contributed by atoms with E-state index in [1.807, 2.05) is 66.7 Å². The molecule has 0 aliphatic carbocycles. The smallest absolute Gasteiger partial charge is 0.118 e.